The fraction of sp³-hybridized carbons (Fsp3) is 0.778. The highest BCUT2D eigenvalue weighted by molar-refractivity contribution is 7.15. The van der Waals surface area contributed by atoms with E-state index in [-0.39, 0.29) is 17.1 Å². The number of alkyl halides is 4. The van der Waals surface area contributed by atoms with Gasteiger partial charge in [0.2, 0.25) is 10.1 Å². The number of halogens is 4. The molecule has 1 atom stereocenters. The minimum atomic E-state index is -4.43. The number of nitrogens with zero attached hydrogens (tertiary/aromatic N) is 2. The number of hydrogen-bond donors (Lipinski definition) is 1. The van der Waals surface area contributed by atoms with Crippen molar-refractivity contribution in [2.45, 2.75) is 32.5 Å². The molecule has 3 nitrogen and oxygen atoms in total. The lowest BCUT2D eigenvalue weighted by molar-refractivity contribution is -0.138. The molecule has 0 fully saturated rings. The predicted octanol–water partition coefficient (Wildman–Crippen LogP) is 3.62. The summed E-state index contributed by atoms with van der Waals surface area (Å²) in [5, 5.41) is 8.77. The van der Waals surface area contributed by atoms with Crippen molar-refractivity contribution in [2.75, 3.05) is 11.2 Å². The molecule has 0 aliphatic rings. The number of aromatic nitrogens is 2. The van der Waals surface area contributed by atoms with Crippen LogP contribution in [0, 0.1) is 5.92 Å². The van der Waals surface area contributed by atoms with E-state index >= 15 is 0 Å². The van der Waals surface area contributed by atoms with Crippen LogP contribution >= 0.6 is 22.9 Å². The van der Waals surface area contributed by atoms with Crippen molar-refractivity contribution in [3.63, 3.8) is 0 Å². The normalized spacial score (nSPS) is 14.1. The molecule has 1 N–H and O–H groups in total. The smallest absolute Gasteiger partial charge is 0.357 e. The van der Waals surface area contributed by atoms with Gasteiger partial charge >= 0.3 is 6.18 Å². The first-order chi connectivity index (χ1) is 7.84. The Morgan fingerprint density at radius 3 is 2.41 bits per heavy atom. The van der Waals surface area contributed by atoms with Crippen molar-refractivity contribution in [3.8, 4) is 0 Å². The minimum absolute atomic E-state index is 0.00142. The van der Waals surface area contributed by atoms with Crippen LogP contribution in [0.25, 0.3) is 0 Å². The Morgan fingerprint density at radius 2 is 2.00 bits per heavy atom. The molecule has 1 aromatic heterocycles. The zero-order valence-corrected chi connectivity index (χ0v) is 11.0. The van der Waals surface area contributed by atoms with E-state index in [9.17, 15) is 13.2 Å². The van der Waals surface area contributed by atoms with Gasteiger partial charge in [-0.15, -0.1) is 21.8 Å². The summed E-state index contributed by atoms with van der Waals surface area (Å²) in [6.07, 6.45) is -3.77. The van der Waals surface area contributed by atoms with Gasteiger partial charge in [-0.2, -0.15) is 13.2 Å². The van der Waals surface area contributed by atoms with Crippen LogP contribution in [-0.4, -0.2) is 22.1 Å². The lowest BCUT2D eigenvalue weighted by Gasteiger charge is -2.20. The summed E-state index contributed by atoms with van der Waals surface area (Å²) >= 11 is 6.14. The quantitative estimate of drug-likeness (QED) is 0.841. The SMILES string of the molecule is CC(C)C(CCCl)Nc1nnc(C(F)(F)F)s1. The average Bonchev–Trinajstić information content (AvgIpc) is 2.64. The van der Waals surface area contributed by atoms with Gasteiger partial charge in [-0.3, -0.25) is 0 Å². The molecule has 1 rings (SSSR count). The Kier molecular flexibility index (Phi) is 5.00. The van der Waals surface area contributed by atoms with Gasteiger partial charge in [0, 0.05) is 11.9 Å². The molecule has 0 aliphatic carbocycles. The Labute approximate surface area is 106 Å². The topological polar surface area (TPSA) is 37.8 Å². The van der Waals surface area contributed by atoms with Crippen LogP contribution in [0.4, 0.5) is 18.3 Å². The van der Waals surface area contributed by atoms with Crippen LogP contribution in [0.5, 0.6) is 0 Å². The predicted molar refractivity (Wildman–Crippen MR) is 62.5 cm³/mol. The Balaban J connectivity index is 2.70. The maximum Gasteiger partial charge on any atom is 0.445 e. The van der Waals surface area contributed by atoms with Gasteiger partial charge in [0.25, 0.3) is 0 Å². The van der Waals surface area contributed by atoms with Crippen LogP contribution in [-0.2, 0) is 6.18 Å². The summed E-state index contributed by atoms with van der Waals surface area (Å²) in [6, 6.07) is 0.00142. The number of hydrogen-bond acceptors (Lipinski definition) is 4. The van der Waals surface area contributed by atoms with E-state index in [1.165, 1.54) is 0 Å². The van der Waals surface area contributed by atoms with Crippen molar-refractivity contribution in [2.24, 2.45) is 5.92 Å². The molecular formula is C9H13ClF3N3S. The maximum absolute atomic E-state index is 12.3. The van der Waals surface area contributed by atoms with Gasteiger partial charge < -0.3 is 5.32 Å². The molecule has 8 heteroatoms. The van der Waals surface area contributed by atoms with E-state index in [0.29, 0.717) is 23.6 Å². The Hall–Kier alpha value is -0.560. The molecule has 0 saturated heterocycles. The second-order valence-corrected chi connectivity index (χ2v) is 5.24. The van der Waals surface area contributed by atoms with E-state index < -0.39 is 11.2 Å². The van der Waals surface area contributed by atoms with E-state index in [4.69, 9.17) is 11.6 Å². The molecule has 1 aromatic rings. The third-order valence-corrected chi connectivity index (χ3v) is 3.32. The molecule has 0 amide bonds. The second-order valence-electron chi connectivity index (χ2n) is 3.88. The average molecular weight is 288 g/mol. The van der Waals surface area contributed by atoms with Crippen molar-refractivity contribution in [3.05, 3.63) is 5.01 Å². The van der Waals surface area contributed by atoms with Crippen molar-refractivity contribution in [1.82, 2.24) is 10.2 Å². The molecule has 1 heterocycles. The standard InChI is InChI=1S/C9H13ClF3N3S/c1-5(2)6(3-4-10)14-8-16-15-7(17-8)9(11,12)13/h5-6H,3-4H2,1-2H3,(H,14,16). The van der Waals surface area contributed by atoms with Crippen LogP contribution < -0.4 is 5.32 Å². The highest BCUT2D eigenvalue weighted by Crippen LogP contribution is 2.33. The number of rotatable bonds is 5. The number of nitrogens with one attached hydrogen (secondary N) is 1. The Bertz CT molecular complexity index is 354. The zero-order valence-electron chi connectivity index (χ0n) is 9.38. The summed E-state index contributed by atoms with van der Waals surface area (Å²) in [7, 11) is 0. The summed E-state index contributed by atoms with van der Waals surface area (Å²) in [6.45, 7) is 3.94. The van der Waals surface area contributed by atoms with Crippen LogP contribution in [0.2, 0.25) is 0 Å². The molecule has 17 heavy (non-hydrogen) atoms. The van der Waals surface area contributed by atoms with Crippen LogP contribution in [0.15, 0.2) is 0 Å². The second kappa shape index (κ2) is 5.86. The van der Waals surface area contributed by atoms with Crippen molar-refractivity contribution >= 4 is 28.1 Å². The van der Waals surface area contributed by atoms with E-state index in [0.717, 1.165) is 0 Å². The molecular weight excluding hydrogens is 275 g/mol. The molecule has 98 valence electrons. The fourth-order valence-electron chi connectivity index (χ4n) is 1.24. The van der Waals surface area contributed by atoms with E-state index in [1.807, 2.05) is 13.8 Å². The van der Waals surface area contributed by atoms with E-state index in [2.05, 4.69) is 15.5 Å². The zero-order chi connectivity index (χ0) is 13.1. The summed E-state index contributed by atoms with van der Waals surface area (Å²) < 4.78 is 36.9. The third kappa shape index (κ3) is 4.31. The largest absolute Gasteiger partial charge is 0.445 e. The third-order valence-electron chi connectivity index (χ3n) is 2.20. The molecule has 0 spiro atoms. The highest BCUT2D eigenvalue weighted by Gasteiger charge is 2.35. The van der Waals surface area contributed by atoms with Gasteiger partial charge in [0.05, 0.1) is 0 Å². The summed E-state index contributed by atoms with van der Waals surface area (Å²) in [5.74, 6) is 0.702. The van der Waals surface area contributed by atoms with Gasteiger partial charge in [-0.25, -0.2) is 0 Å². The highest BCUT2D eigenvalue weighted by atomic mass is 35.5. The first-order valence-corrected chi connectivity index (χ1v) is 6.43. The molecule has 0 aromatic carbocycles. The van der Waals surface area contributed by atoms with Gasteiger partial charge in [-0.1, -0.05) is 25.2 Å². The first-order valence-electron chi connectivity index (χ1n) is 5.07. The van der Waals surface area contributed by atoms with Crippen molar-refractivity contribution in [1.29, 1.82) is 0 Å². The molecule has 1 unspecified atom stereocenters. The number of anilines is 1. The van der Waals surface area contributed by atoms with Gasteiger partial charge in [-0.05, 0) is 12.3 Å². The first kappa shape index (κ1) is 14.5. The summed E-state index contributed by atoms with van der Waals surface area (Å²) in [5.41, 5.74) is 0. The monoisotopic (exact) mass is 287 g/mol. The minimum Gasteiger partial charge on any atom is -0.357 e. The maximum atomic E-state index is 12.3. The molecule has 0 bridgehead atoms. The molecule has 0 radical (unpaired) electrons. The van der Waals surface area contributed by atoms with Gasteiger partial charge in [0.15, 0.2) is 0 Å². The molecule has 0 aliphatic heterocycles. The lowest BCUT2D eigenvalue weighted by Crippen LogP contribution is -2.26. The van der Waals surface area contributed by atoms with Crippen molar-refractivity contribution < 1.29 is 13.2 Å². The fourth-order valence-corrected chi connectivity index (χ4v) is 2.15. The van der Waals surface area contributed by atoms with Gasteiger partial charge in [0.1, 0.15) is 0 Å². The van der Waals surface area contributed by atoms with Crippen LogP contribution in [0.1, 0.15) is 25.3 Å². The van der Waals surface area contributed by atoms with E-state index in [1.54, 1.807) is 0 Å². The lowest BCUT2D eigenvalue weighted by atomic mass is 10.0. The molecule has 0 saturated carbocycles. The summed E-state index contributed by atoms with van der Waals surface area (Å²) in [4.78, 5) is 0. The Morgan fingerprint density at radius 1 is 1.35 bits per heavy atom. The van der Waals surface area contributed by atoms with Crippen LogP contribution in [0.3, 0.4) is 0 Å².